The fourth-order valence-electron chi connectivity index (χ4n) is 3.91. The molecule has 2 aliphatic rings. The Balaban J connectivity index is 1.63. The highest BCUT2D eigenvalue weighted by atomic mass is 35.5. The van der Waals surface area contributed by atoms with E-state index >= 15 is 0 Å². The first-order valence-corrected chi connectivity index (χ1v) is 7.97. The second-order valence-corrected chi connectivity index (χ2v) is 6.48. The molecule has 2 aromatic heterocycles. The van der Waals surface area contributed by atoms with Gasteiger partial charge >= 0.3 is 0 Å². The molecule has 2 atom stereocenters. The van der Waals surface area contributed by atoms with Crippen LogP contribution in [0.4, 0.5) is 5.82 Å². The van der Waals surface area contributed by atoms with E-state index in [0.29, 0.717) is 28.7 Å². The van der Waals surface area contributed by atoms with Gasteiger partial charge in [-0.05, 0) is 37.8 Å². The number of fused-ring (bicyclic) bond motifs is 2. The molecule has 22 heavy (non-hydrogen) atoms. The zero-order valence-corrected chi connectivity index (χ0v) is 12.8. The van der Waals surface area contributed by atoms with E-state index in [-0.39, 0.29) is 0 Å². The van der Waals surface area contributed by atoms with Crippen LogP contribution in [0.3, 0.4) is 0 Å². The highest BCUT2D eigenvalue weighted by Gasteiger charge is 2.42. The molecular formula is C16H16ClN5. The molecule has 0 aromatic carbocycles. The number of aromatic nitrogens is 3. The van der Waals surface area contributed by atoms with Crippen molar-refractivity contribution in [2.24, 2.45) is 0 Å². The molecule has 0 saturated carbocycles. The molecule has 112 valence electrons. The van der Waals surface area contributed by atoms with Crippen molar-refractivity contribution in [3.63, 3.8) is 0 Å². The van der Waals surface area contributed by atoms with Gasteiger partial charge in [-0.25, -0.2) is 4.98 Å². The first-order valence-electron chi connectivity index (χ1n) is 7.59. The minimum atomic E-state index is 0.385. The Morgan fingerprint density at radius 2 is 2.00 bits per heavy atom. The second-order valence-electron chi connectivity index (χ2n) is 6.04. The van der Waals surface area contributed by atoms with Crippen LogP contribution in [0.5, 0.6) is 0 Å². The van der Waals surface area contributed by atoms with Gasteiger partial charge in [0.05, 0.1) is 22.8 Å². The van der Waals surface area contributed by atoms with Crippen molar-refractivity contribution in [3.8, 4) is 6.07 Å². The van der Waals surface area contributed by atoms with E-state index < -0.39 is 0 Å². The summed E-state index contributed by atoms with van der Waals surface area (Å²) in [5.74, 6) is 0.842. The zero-order chi connectivity index (χ0) is 15.1. The van der Waals surface area contributed by atoms with Crippen LogP contribution in [0.1, 0.15) is 37.3 Å². The summed E-state index contributed by atoms with van der Waals surface area (Å²) in [6, 6.07) is 7.17. The summed E-state index contributed by atoms with van der Waals surface area (Å²) >= 11 is 5.99. The van der Waals surface area contributed by atoms with E-state index in [0.717, 1.165) is 31.5 Å². The number of nitrogens with zero attached hydrogens (tertiary/aromatic N) is 5. The lowest BCUT2D eigenvalue weighted by Crippen LogP contribution is -2.44. The van der Waals surface area contributed by atoms with Crippen LogP contribution in [0, 0.1) is 11.3 Å². The number of rotatable bonds is 2. The molecule has 2 saturated heterocycles. The molecule has 2 bridgehead atoms. The number of anilines is 1. The van der Waals surface area contributed by atoms with Gasteiger partial charge in [-0.15, -0.1) is 0 Å². The smallest absolute Gasteiger partial charge is 0.146 e. The largest absolute Gasteiger partial charge is 0.349 e. The standard InChI is InChI=1S/C16H16ClN5/c17-12-9-20-21(10-12)15-6-13-3-4-14(7-15)22(13)16-11(8-18)2-1-5-19-16/h1-2,5,9-10,13-15H,3-4,6-7H2. The van der Waals surface area contributed by atoms with Crippen LogP contribution in [0.25, 0.3) is 0 Å². The van der Waals surface area contributed by atoms with Crippen LogP contribution in [-0.4, -0.2) is 26.8 Å². The molecule has 4 rings (SSSR count). The van der Waals surface area contributed by atoms with Gasteiger partial charge in [0.15, 0.2) is 0 Å². The molecular weight excluding hydrogens is 298 g/mol. The average molecular weight is 314 g/mol. The van der Waals surface area contributed by atoms with Crippen molar-refractivity contribution in [3.05, 3.63) is 41.3 Å². The minimum absolute atomic E-state index is 0.385. The molecule has 0 aliphatic carbocycles. The lowest BCUT2D eigenvalue weighted by molar-refractivity contribution is 0.313. The molecule has 0 radical (unpaired) electrons. The molecule has 5 nitrogen and oxygen atoms in total. The number of hydrogen-bond acceptors (Lipinski definition) is 4. The normalized spacial score (nSPS) is 26.9. The summed E-state index contributed by atoms with van der Waals surface area (Å²) in [7, 11) is 0. The molecule has 6 heteroatoms. The Labute approximate surface area is 134 Å². The van der Waals surface area contributed by atoms with E-state index in [1.54, 1.807) is 12.4 Å². The lowest BCUT2D eigenvalue weighted by atomic mass is 9.97. The van der Waals surface area contributed by atoms with Gasteiger partial charge < -0.3 is 4.90 Å². The van der Waals surface area contributed by atoms with E-state index in [1.165, 1.54) is 0 Å². The average Bonchev–Trinajstić information content (AvgIpc) is 3.08. The quantitative estimate of drug-likeness (QED) is 0.854. The maximum absolute atomic E-state index is 9.33. The summed E-state index contributed by atoms with van der Waals surface area (Å²) in [6.45, 7) is 0. The summed E-state index contributed by atoms with van der Waals surface area (Å²) in [6.07, 6.45) is 9.72. The van der Waals surface area contributed by atoms with Crippen LogP contribution < -0.4 is 4.90 Å². The summed E-state index contributed by atoms with van der Waals surface area (Å²) in [5.41, 5.74) is 0.667. The number of piperidine rings is 1. The van der Waals surface area contributed by atoms with Crippen LogP contribution >= 0.6 is 11.6 Å². The SMILES string of the molecule is N#Cc1cccnc1N1C2CCC1CC(n1cc(Cl)cn1)C2. The van der Waals surface area contributed by atoms with Crippen molar-refractivity contribution in [1.29, 1.82) is 5.26 Å². The third kappa shape index (κ3) is 2.15. The maximum Gasteiger partial charge on any atom is 0.146 e. The van der Waals surface area contributed by atoms with E-state index in [9.17, 15) is 5.26 Å². The summed E-state index contributed by atoms with van der Waals surface area (Å²) < 4.78 is 1.99. The number of hydrogen-bond donors (Lipinski definition) is 0. The first kappa shape index (κ1) is 13.6. The van der Waals surface area contributed by atoms with Gasteiger partial charge in [0.1, 0.15) is 11.9 Å². The predicted molar refractivity (Wildman–Crippen MR) is 83.7 cm³/mol. The highest BCUT2D eigenvalue weighted by molar-refractivity contribution is 6.30. The van der Waals surface area contributed by atoms with Crippen molar-refractivity contribution >= 4 is 17.4 Å². The van der Waals surface area contributed by atoms with Crippen molar-refractivity contribution in [2.75, 3.05) is 4.90 Å². The molecule has 2 aliphatic heterocycles. The molecule has 2 aromatic rings. The van der Waals surface area contributed by atoms with Gasteiger partial charge in [0.2, 0.25) is 0 Å². The van der Waals surface area contributed by atoms with Gasteiger partial charge in [-0.3, -0.25) is 4.68 Å². The van der Waals surface area contributed by atoms with Gasteiger partial charge in [-0.2, -0.15) is 10.4 Å². The molecule has 4 heterocycles. The first-order chi connectivity index (χ1) is 10.8. The van der Waals surface area contributed by atoms with Gasteiger partial charge in [0.25, 0.3) is 0 Å². The lowest BCUT2D eigenvalue weighted by Gasteiger charge is -2.40. The maximum atomic E-state index is 9.33. The van der Waals surface area contributed by atoms with E-state index in [1.807, 2.05) is 23.0 Å². The Kier molecular flexibility index (Phi) is 3.27. The molecule has 0 amide bonds. The Morgan fingerprint density at radius 3 is 2.64 bits per heavy atom. The van der Waals surface area contributed by atoms with Gasteiger partial charge in [0, 0.05) is 24.5 Å². The van der Waals surface area contributed by atoms with Crippen molar-refractivity contribution in [1.82, 2.24) is 14.8 Å². The summed E-state index contributed by atoms with van der Waals surface area (Å²) in [4.78, 5) is 6.84. The number of pyridine rings is 1. The zero-order valence-electron chi connectivity index (χ0n) is 12.1. The Hall–Kier alpha value is -2.06. The molecule has 0 N–H and O–H groups in total. The number of halogens is 1. The van der Waals surface area contributed by atoms with E-state index in [4.69, 9.17) is 11.6 Å². The molecule has 2 fully saturated rings. The van der Waals surface area contributed by atoms with Crippen molar-refractivity contribution < 1.29 is 0 Å². The Morgan fingerprint density at radius 1 is 1.23 bits per heavy atom. The van der Waals surface area contributed by atoms with Crippen LogP contribution in [-0.2, 0) is 0 Å². The predicted octanol–water partition coefficient (Wildman–Crippen LogP) is 3.18. The third-order valence-electron chi connectivity index (χ3n) is 4.80. The monoisotopic (exact) mass is 313 g/mol. The minimum Gasteiger partial charge on any atom is -0.349 e. The topological polar surface area (TPSA) is 57.7 Å². The van der Waals surface area contributed by atoms with Crippen LogP contribution in [0.2, 0.25) is 5.02 Å². The highest BCUT2D eigenvalue weighted by Crippen LogP contribution is 2.43. The van der Waals surface area contributed by atoms with Crippen LogP contribution in [0.15, 0.2) is 30.7 Å². The van der Waals surface area contributed by atoms with Gasteiger partial charge in [-0.1, -0.05) is 11.6 Å². The van der Waals surface area contributed by atoms with E-state index in [2.05, 4.69) is 21.1 Å². The fraction of sp³-hybridized carbons (Fsp3) is 0.438. The molecule has 2 unspecified atom stereocenters. The van der Waals surface area contributed by atoms with Crippen molar-refractivity contribution in [2.45, 2.75) is 43.8 Å². The fourth-order valence-corrected chi connectivity index (χ4v) is 4.06. The summed E-state index contributed by atoms with van der Waals surface area (Å²) in [5, 5.41) is 14.4. The second kappa shape index (κ2) is 5.29. The Bertz CT molecular complexity index is 720. The third-order valence-corrected chi connectivity index (χ3v) is 5.00. The number of nitriles is 1. The molecule has 0 spiro atoms.